The van der Waals surface area contributed by atoms with Gasteiger partial charge in [-0.05, 0) is 24.3 Å². The van der Waals surface area contributed by atoms with Crippen molar-refractivity contribution in [1.82, 2.24) is 19.3 Å². The molecule has 0 aliphatic carbocycles. The Labute approximate surface area is 195 Å². The molecule has 0 bridgehead atoms. The number of amides is 3. The first-order chi connectivity index (χ1) is 16.3. The lowest BCUT2D eigenvalue weighted by atomic mass is 10.1. The van der Waals surface area contributed by atoms with E-state index in [1.807, 2.05) is 12.1 Å². The molecular formula is C24H23FN6O3. The van der Waals surface area contributed by atoms with E-state index in [0.717, 1.165) is 11.3 Å². The van der Waals surface area contributed by atoms with Gasteiger partial charge in [-0.25, -0.2) is 19.2 Å². The average Bonchev–Trinajstić information content (AvgIpc) is 3.27. The largest absolute Gasteiger partial charge is 0.494 e. The Morgan fingerprint density at radius 2 is 1.76 bits per heavy atom. The van der Waals surface area contributed by atoms with Gasteiger partial charge >= 0.3 is 6.03 Å². The monoisotopic (exact) mass is 462 g/mol. The van der Waals surface area contributed by atoms with Crippen molar-refractivity contribution in [1.29, 1.82) is 0 Å². The molecule has 2 aromatic heterocycles. The van der Waals surface area contributed by atoms with Crippen LogP contribution >= 0.6 is 0 Å². The molecular weight excluding hydrogens is 439 g/mol. The number of hydrogen-bond acceptors (Lipinski definition) is 5. The number of fused-ring (bicyclic) bond motifs is 1. The second kappa shape index (κ2) is 9.18. The van der Waals surface area contributed by atoms with Gasteiger partial charge in [0.1, 0.15) is 5.69 Å². The Bertz CT molecular complexity index is 1370. The number of methoxy groups -OCH3 is 1. The molecule has 0 spiro atoms. The number of aromatic nitrogens is 3. The number of imidazole rings is 1. The predicted octanol–water partition coefficient (Wildman–Crippen LogP) is 3.91. The van der Waals surface area contributed by atoms with Gasteiger partial charge in [-0.2, -0.15) is 0 Å². The third-order valence-corrected chi connectivity index (χ3v) is 5.28. The van der Waals surface area contributed by atoms with Crippen molar-refractivity contribution in [3.05, 3.63) is 72.6 Å². The van der Waals surface area contributed by atoms with Gasteiger partial charge in [-0.1, -0.05) is 12.1 Å². The third kappa shape index (κ3) is 4.38. The third-order valence-electron chi connectivity index (χ3n) is 5.28. The van der Waals surface area contributed by atoms with E-state index in [-0.39, 0.29) is 23.4 Å². The summed E-state index contributed by atoms with van der Waals surface area (Å²) in [5.41, 5.74) is 3.48. The van der Waals surface area contributed by atoms with Crippen LogP contribution in [0, 0.1) is 5.82 Å². The minimum absolute atomic E-state index is 0.0441. The first kappa shape index (κ1) is 22.7. The highest BCUT2D eigenvalue weighted by Crippen LogP contribution is 2.26. The van der Waals surface area contributed by atoms with Gasteiger partial charge in [-0.3, -0.25) is 9.20 Å². The van der Waals surface area contributed by atoms with E-state index >= 15 is 0 Å². The van der Waals surface area contributed by atoms with Crippen LogP contribution in [0.4, 0.5) is 20.6 Å². The van der Waals surface area contributed by atoms with Gasteiger partial charge in [0.2, 0.25) is 0 Å². The van der Waals surface area contributed by atoms with Crippen LogP contribution in [0.15, 0.2) is 61.1 Å². The summed E-state index contributed by atoms with van der Waals surface area (Å²) >= 11 is 0. The zero-order chi connectivity index (χ0) is 24.4. The van der Waals surface area contributed by atoms with Crippen molar-refractivity contribution in [3.63, 3.8) is 0 Å². The quantitative estimate of drug-likeness (QED) is 0.486. The molecule has 0 saturated heterocycles. The van der Waals surface area contributed by atoms with Gasteiger partial charge in [0.15, 0.2) is 17.2 Å². The maximum atomic E-state index is 13.8. The van der Waals surface area contributed by atoms with Crippen molar-refractivity contribution in [2.75, 3.05) is 38.5 Å². The van der Waals surface area contributed by atoms with E-state index in [1.54, 1.807) is 50.1 Å². The SMILES string of the molecule is COc1cc(N(C)C(=O)c2cn3c(-c4ccc(NC(=O)N(C)C)cc4)cnc3cn2)ccc1F. The van der Waals surface area contributed by atoms with Crippen molar-refractivity contribution >= 4 is 29.0 Å². The Balaban J connectivity index is 1.62. The van der Waals surface area contributed by atoms with Crippen molar-refractivity contribution in [3.8, 4) is 17.0 Å². The van der Waals surface area contributed by atoms with E-state index < -0.39 is 5.82 Å². The molecule has 0 radical (unpaired) electrons. The van der Waals surface area contributed by atoms with E-state index in [9.17, 15) is 14.0 Å². The van der Waals surface area contributed by atoms with E-state index in [0.29, 0.717) is 17.0 Å². The normalized spacial score (nSPS) is 10.7. The maximum absolute atomic E-state index is 13.8. The van der Waals surface area contributed by atoms with Crippen LogP contribution in [0.1, 0.15) is 10.5 Å². The molecule has 0 fully saturated rings. The molecule has 9 nitrogen and oxygen atoms in total. The lowest BCUT2D eigenvalue weighted by Crippen LogP contribution is -2.27. The van der Waals surface area contributed by atoms with E-state index in [2.05, 4.69) is 15.3 Å². The lowest BCUT2D eigenvalue weighted by molar-refractivity contribution is 0.0987. The summed E-state index contributed by atoms with van der Waals surface area (Å²) in [6, 6.07) is 11.3. The van der Waals surface area contributed by atoms with Crippen LogP contribution in [0.5, 0.6) is 5.75 Å². The number of urea groups is 1. The number of carbonyl (C=O) groups excluding carboxylic acids is 2. The summed E-state index contributed by atoms with van der Waals surface area (Å²) in [6.45, 7) is 0. The van der Waals surface area contributed by atoms with Crippen molar-refractivity contribution in [2.45, 2.75) is 0 Å². The highest BCUT2D eigenvalue weighted by atomic mass is 19.1. The summed E-state index contributed by atoms with van der Waals surface area (Å²) in [6.07, 6.45) is 4.81. The summed E-state index contributed by atoms with van der Waals surface area (Å²) in [5, 5.41) is 2.79. The summed E-state index contributed by atoms with van der Waals surface area (Å²) in [7, 11) is 6.28. The molecule has 3 amide bonds. The average molecular weight is 462 g/mol. The van der Waals surface area contributed by atoms with Crippen molar-refractivity contribution in [2.24, 2.45) is 0 Å². The number of nitrogens with one attached hydrogen (secondary N) is 1. The zero-order valence-electron chi connectivity index (χ0n) is 19.1. The molecule has 4 rings (SSSR count). The molecule has 34 heavy (non-hydrogen) atoms. The fraction of sp³-hybridized carbons (Fsp3) is 0.167. The second-order valence-electron chi connectivity index (χ2n) is 7.73. The number of rotatable bonds is 5. The highest BCUT2D eigenvalue weighted by molar-refractivity contribution is 6.04. The standard InChI is InChI=1S/C24H23FN6O3/c1-29(2)24(33)28-16-7-5-15(6-8-16)20-12-27-22-13-26-19(14-31(20)22)23(32)30(3)17-9-10-18(25)21(11-17)34-4/h5-14H,1-4H3,(H,28,33). The number of nitrogens with zero attached hydrogens (tertiary/aromatic N) is 5. The first-order valence-corrected chi connectivity index (χ1v) is 10.3. The van der Waals surface area contributed by atoms with Crippen LogP contribution < -0.4 is 15.0 Å². The van der Waals surface area contributed by atoms with Gasteiger partial charge in [0.05, 0.1) is 25.2 Å². The van der Waals surface area contributed by atoms with Crippen molar-refractivity contribution < 1.29 is 18.7 Å². The van der Waals surface area contributed by atoms with Crippen LogP contribution in [-0.4, -0.2) is 59.5 Å². The number of ether oxygens (including phenoxy) is 1. The number of anilines is 2. The number of hydrogen-bond donors (Lipinski definition) is 1. The molecule has 174 valence electrons. The zero-order valence-corrected chi connectivity index (χ0v) is 19.1. The molecule has 0 atom stereocenters. The molecule has 0 saturated carbocycles. The molecule has 0 aliphatic rings. The topological polar surface area (TPSA) is 92.1 Å². The molecule has 1 N–H and O–H groups in total. The molecule has 10 heteroatoms. The maximum Gasteiger partial charge on any atom is 0.321 e. The van der Waals surface area contributed by atoms with Crippen LogP contribution in [0.2, 0.25) is 0 Å². The van der Waals surface area contributed by atoms with E-state index in [1.165, 1.54) is 41.3 Å². The van der Waals surface area contributed by atoms with Gasteiger partial charge < -0.3 is 19.9 Å². The molecule has 0 unspecified atom stereocenters. The Morgan fingerprint density at radius 1 is 1.03 bits per heavy atom. The minimum atomic E-state index is -0.512. The fourth-order valence-corrected chi connectivity index (χ4v) is 3.32. The van der Waals surface area contributed by atoms with Gasteiger partial charge in [0.25, 0.3) is 5.91 Å². The summed E-state index contributed by atoms with van der Waals surface area (Å²) in [5.74, 6) is -0.846. The molecule has 2 heterocycles. The molecule has 0 aliphatic heterocycles. The van der Waals surface area contributed by atoms with E-state index in [4.69, 9.17) is 4.74 Å². The van der Waals surface area contributed by atoms with Crippen LogP contribution in [0.25, 0.3) is 16.9 Å². The molecule has 4 aromatic rings. The summed E-state index contributed by atoms with van der Waals surface area (Å²) in [4.78, 5) is 36.4. The Morgan fingerprint density at radius 3 is 2.44 bits per heavy atom. The minimum Gasteiger partial charge on any atom is -0.494 e. The number of benzene rings is 2. The highest BCUT2D eigenvalue weighted by Gasteiger charge is 2.18. The van der Waals surface area contributed by atoms with Gasteiger partial charge in [-0.15, -0.1) is 0 Å². The number of carbonyl (C=O) groups is 2. The first-order valence-electron chi connectivity index (χ1n) is 10.3. The smallest absolute Gasteiger partial charge is 0.321 e. The Kier molecular flexibility index (Phi) is 6.13. The number of halogens is 1. The lowest BCUT2D eigenvalue weighted by Gasteiger charge is -2.18. The molecule has 2 aromatic carbocycles. The van der Waals surface area contributed by atoms with Crippen LogP contribution in [0.3, 0.4) is 0 Å². The second-order valence-corrected chi connectivity index (χ2v) is 7.73. The fourth-order valence-electron chi connectivity index (χ4n) is 3.32. The van der Waals surface area contributed by atoms with Gasteiger partial charge in [0, 0.05) is 50.3 Å². The Hall–Kier alpha value is -4.47. The summed E-state index contributed by atoms with van der Waals surface area (Å²) < 4.78 is 20.5. The predicted molar refractivity (Wildman–Crippen MR) is 127 cm³/mol. The van der Waals surface area contributed by atoms with Crippen LogP contribution in [-0.2, 0) is 0 Å².